The van der Waals surface area contributed by atoms with Gasteiger partial charge in [0.1, 0.15) is 5.82 Å². The summed E-state index contributed by atoms with van der Waals surface area (Å²) >= 11 is 3.37. The zero-order valence-corrected chi connectivity index (χ0v) is 16.1. The largest absolute Gasteiger partial charge is 0.319 e. The number of carbonyl (C=O) groups excluding carboxylic acids is 1. The van der Waals surface area contributed by atoms with Crippen LogP contribution in [0.1, 0.15) is 28.7 Å². The first-order valence-corrected chi connectivity index (χ1v) is 8.99. The zero-order chi connectivity index (χ0) is 18.0. The van der Waals surface area contributed by atoms with Crippen molar-refractivity contribution in [3.8, 4) is 5.69 Å². The lowest BCUT2D eigenvalue weighted by Gasteiger charge is -2.20. The number of aryl methyl sites for hydroxylation is 2. The van der Waals surface area contributed by atoms with E-state index in [1.165, 1.54) is 11.4 Å². The predicted molar refractivity (Wildman–Crippen MR) is 105 cm³/mol. The molecule has 0 N–H and O–H groups in total. The number of aromatic nitrogens is 2. The van der Waals surface area contributed by atoms with E-state index in [-0.39, 0.29) is 5.91 Å². The average molecular weight is 398 g/mol. The molecule has 2 heterocycles. The molecule has 25 heavy (non-hydrogen) atoms. The van der Waals surface area contributed by atoms with E-state index in [9.17, 15) is 4.79 Å². The minimum Gasteiger partial charge on any atom is -0.319 e. The second-order valence-electron chi connectivity index (χ2n) is 5.88. The number of nitrogens with zero attached hydrogens (tertiary/aromatic N) is 3. The Morgan fingerprint density at radius 3 is 2.20 bits per heavy atom. The summed E-state index contributed by atoms with van der Waals surface area (Å²) < 4.78 is 3.06. The van der Waals surface area contributed by atoms with Crippen LogP contribution in [0.4, 0.5) is 5.82 Å². The lowest BCUT2D eigenvalue weighted by molar-refractivity contribution is 0.0987. The van der Waals surface area contributed by atoms with Crippen molar-refractivity contribution in [2.75, 3.05) is 11.4 Å². The highest BCUT2D eigenvalue weighted by atomic mass is 79.9. The second-order valence-corrected chi connectivity index (χ2v) is 6.80. The number of hydrogen-bond donors (Lipinski definition) is 0. The van der Waals surface area contributed by atoms with Gasteiger partial charge in [-0.25, -0.2) is 4.98 Å². The maximum Gasteiger partial charge on any atom is 0.259 e. The molecule has 0 fully saturated rings. The SMILES string of the molecule is CCN(C(=O)c1ccc(-n2c(C)ccc2C)cc1)c1ccc(Br)cn1. The normalized spacial score (nSPS) is 10.7. The van der Waals surface area contributed by atoms with Gasteiger partial charge in [-0.1, -0.05) is 0 Å². The summed E-state index contributed by atoms with van der Waals surface area (Å²) in [5.74, 6) is 0.599. The van der Waals surface area contributed by atoms with Crippen LogP contribution in [0.2, 0.25) is 0 Å². The van der Waals surface area contributed by atoms with Gasteiger partial charge in [-0.2, -0.15) is 0 Å². The first kappa shape index (κ1) is 17.4. The van der Waals surface area contributed by atoms with Crippen LogP contribution >= 0.6 is 15.9 Å². The fourth-order valence-corrected chi connectivity index (χ4v) is 3.16. The Hall–Kier alpha value is -2.40. The van der Waals surface area contributed by atoms with Gasteiger partial charge in [0.25, 0.3) is 5.91 Å². The monoisotopic (exact) mass is 397 g/mol. The highest BCUT2D eigenvalue weighted by Gasteiger charge is 2.17. The molecule has 3 aromatic rings. The van der Waals surface area contributed by atoms with Gasteiger partial charge in [-0.05, 0) is 85.2 Å². The van der Waals surface area contributed by atoms with Crippen LogP contribution < -0.4 is 4.90 Å². The Labute approximate surface area is 156 Å². The van der Waals surface area contributed by atoms with E-state index in [4.69, 9.17) is 0 Å². The molecule has 5 heteroatoms. The highest BCUT2D eigenvalue weighted by molar-refractivity contribution is 9.10. The van der Waals surface area contributed by atoms with Crippen LogP contribution in [-0.2, 0) is 0 Å². The number of halogens is 1. The maximum atomic E-state index is 12.9. The van der Waals surface area contributed by atoms with Gasteiger partial charge in [-0.3, -0.25) is 9.69 Å². The van der Waals surface area contributed by atoms with Gasteiger partial charge >= 0.3 is 0 Å². The number of anilines is 1. The second kappa shape index (κ2) is 7.23. The minimum atomic E-state index is -0.0511. The van der Waals surface area contributed by atoms with E-state index >= 15 is 0 Å². The highest BCUT2D eigenvalue weighted by Crippen LogP contribution is 2.20. The fourth-order valence-electron chi connectivity index (χ4n) is 2.92. The molecule has 1 aromatic carbocycles. The Morgan fingerprint density at radius 1 is 1.04 bits per heavy atom. The average Bonchev–Trinajstić information content (AvgIpc) is 2.96. The van der Waals surface area contributed by atoms with E-state index in [0.29, 0.717) is 17.9 Å². The Balaban J connectivity index is 1.88. The van der Waals surface area contributed by atoms with Crippen LogP contribution in [0.5, 0.6) is 0 Å². The lowest BCUT2D eigenvalue weighted by Crippen LogP contribution is -2.31. The van der Waals surface area contributed by atoms with Crippen molar-refractivity contribution in [2.24, 2.45) is 0 Å². The summed E-state index contributed by atoms with van der Waals surface area (Å²) in [5.41, 5.74) is 4.05. The predicted octanol–water partition coefficient (Wildman–Crippen LogP) is 4.92. The van der Waals surface area contributed by atoms with Gasteiger partial charge in [0.05, 0.1) is 0 Å². The first-order chi connectivity index (χ1) is 12.0. The maximum absolute atomic E-state index is 12.9. The minimum absolute atomic E-state index is 0.0511. The van der Waals surface area contributed by atoms with Crippen molar-refractivity contribution in [1.29, 1.82) is 0 Å². The van der Waals surface area contributed by atoms with Crippen LogP contribution in [0, 0.1) is 13.8 Å². The van der Waals surface area contributed by atoms with E-state index in [1.54, 1.807) is 11.1 Å². The first-order valence-electron chi connectivity index (χ1n) is 8.20. The fraction of sp³-hybridized carbons (Fsp3) is 0.200. The summed E-state index contributed by atoms with van der Waals surface area (Å²) in [4.78, 5) is 18.9. The molecule has 0 spiro atoms. The van der Waals surface area contributed by atoms with Crippen molar-refractivity contribution in [2.45, 2.75) is 20.8 Å². The molecule has 0 atom stereocenters. The molecule has 0 saturated carbocycles. The molecule has 0 unspecified atom stereocenters. The van der Waals surface area contributed by atoms with Crippen molar-refractivity contribution in [3.63, 3.8) is 0 Å². The van der Waals surface area contributed by atoms with Crippen molar-refractivity contribution >= 4 is 27.7 Å². The van der Waals surface area contributed by atoms with E-state index in [2.05, 4.69) is 51.5 Å². The summed E-state index contributed by atoms with van der Waals surface area (Å²) in [6.07, 6.45) is 1.70. The topological polar surface area (TPSA) is 38.1 Å². The summed E-state index contributed by atoms with van der Waals surface area (Å²) in [7, 11) is 0. The molecule has 0 radical (unpaired) electrons. The molecular formula is C20H20BrN3O. The summed E-state index contributed by atoms with van der Waals surface area (Å²) in [6, 6.07) is 15.6. The number of carbonyl (C=O) groups is 1. The molecule has 0 saturated heterocycles. The summed E-state index contributed by atoms with van der Waals surface area (Å²) in [6.45, 7) is 6.65. The molecule has 2 aromatic heterocycles. The van der Waals surface area contributed by atoms with Crippen molar-refractivity contribution < 1.29 is 4.79 Å². The molecule has 0 aliphatic carbocycles. The lowest BCUT2D eigenvalue weighted by atomic mass is 10.1. The third-order valence-electron chi connectivity index (χ3n) is 4.19. The van der Waals surface area contributed by atoms with Crippen LogP contribution in [0.3, 0.4) is 0 Å². The molecule has 0 aliphatic rings. The Kier molecular flexibility index (Phi) is 5.04. The zero-order valence-electron chi connectivity index (χ0n) is 14.5. The van der Waals surface area contributed by atoms with Crippen molar-refractivity contribution in [3.05, 3.63) is 76.2 Å². The molecule has 0 bridgehead atoms. The van der Waals surface area contributed by atoms with Gasteiger partial charge < -0.3 is 4.57 Å². The Bertz CT molecular complexity index is 863. The van der Waals surface area contributed by atoms with E-state index in [0.717, 1.165) is 10.2 Å². The molecule has 0 aliphatic heterocycles. The third kappa shape index (κ3) is 3.51. The smallest absolute Gasteiger partial charge is 0.259 e. The number of amides is 1. The third-order valence-corrected chi connectivity index (χ3v) is 4.66. The van der Waals surface area contributed by atoms with Gasteiger partial charge in [0, 0.05) is 39.9 Å². The van der Waals surface area contributed by atoms with Gasteiger partial charge in [-0.15, -0.1) is 0 Å². The van der Waals surface area contributed by atoms with Gasteiger partial charge in [0.2, 0.25) is 0 Å². The number of benzene rings is 1. The van der Waals surface area contributed by atoms with Crippen LogP contribution in [0.25, 0.3) is 5.69 Å². The molecule has 4 nitrogen and oxygen atoms in total. The van der Waals surface area contributed by atoms with Crippen LogP contribution in [0.15, 0.2) is 59.2 Å². The standard InChI is InChI=1S/C20H20BrN3O/c1-4-23(19-12-9-17(21)13-22-19)20(25)16-7-10-18(11-8-16)24-14(2)5-6-15(24)3/h5-13H,4H2,1-3H3. The van der Waals surface area contributed by atoms with Gasteiger partial charge in [0.15, 0.2) is 0 Å². The molecule has 128 valence electrons. The summed E-state index contributed by atoms with van der Waals surface area (Å²) in [5, 5.41) is 0. The van der Waals surface area contributed by atoms with E-state index < -0.39 is 0 Å². The molecule has 1 amide bonds. The quantitative estimate of drug-likeness (QED) is 0.626. The Morgan fingerprint density at radius 2 is 1.68 bits per heavy atom. The van der Waals surface area contributed by atoms with Crippen molar-refractivity contribution in [1.82, 2.24) is 9.55 Å². The number of hydrogen-bond acceptors (Lipinski definition) is 2. The van der Waals surface area contributed by atoms with Crippen LogP contribution in [-0.4, -0.2) is 22.0 Å². The molecular weight excluding hydrogens is 378 g/mol. The molecule has 3 rings (SSSR count). The van der Waals surface area contributed by atoms with E-state index in [1.807, 2.05) is 43.3 Å². The number of pyridine rings is 1. The number of rotatable bonds is 4.